The predicted octanol–water partition coefficient (Wildman–Crippen LogP) is 1.79. The fourth-order valence-corrected chi connectivity index (χ4v) is 3.41. The van der Waals surface area contributed by atoms with E-state index in [0.29, 0.717) is 11.0 Å². The molecule has 11 nitrogen and oxygen atoms in total. The molecule has 1 unspecified atom stereocenters. The number of alkyl halides is 1. The number of nitrogen functional groups attached to an aromatic ring is 1. The maximum atomic E-state index is 16.1. The molecule has 0 amide bonds. The Bertz CT molecular complexity index is 845. The smallest absolute Gasteiger partial charge is 0.352 e. The van der Waals surface area contributed by atoms with Crippen molar-refractivity contribution < 1.29 is 23.8 Å². The van der Waals surface area contributed by atoms with E-state index in [1.807, 2.05) is 0 Å². The van der Waals surface area contributed by atoms with Crippen LogP contribution in [-0.2, 0) is 20.1 Å². The van der Waals surface area contributed by atoms with Crippen LogP contribution in [0.3, 0.4) is 0 Å². The Balaban J connectivity index is 2.31. The molecule has 1 aliphatic rings. The van der Waals surface area contributed by atoms with Crippen molar-refractivity contribution in [1.82, 2.24) is 9.55 Å². The summed E-state index contributed by atoms with van der Waals surface area (Å²) in [6, 6.07) is 1.21. The highest BCUT2D eigenvalue weighted by Crippen LogP contribution is 2.42. The van der Waals surface area contributed by atoms with Crippen LogP contribution in [-0.4, -0.2) is 52.1 Å². The van der Waals surface area contributed by atoms with Crippen molar-refractivity contribution >= 4 is 11.8 Å². The Kier molecular flexibility index (Phi) is 8.16. The molecule has 1 aromatic rings. The Morgan fingerprint density at radius 2 is 2.27 bits per heavy atom. The van der Waals surface area contributed by atoms with Gasteiger partial charge >= 0.3 is 11.7 Å². The van der Waals surface area contributed by atoms with Gasteiger partial charge in [-0.25, -0.2) is 9.18 Å². The fourth-order valence-electron chi connectivity index (χ4n) is 3.41. The van der Waals surface area contributed by atoms with Gasteiger partial charge in [0.05, 0.1) is 13.2 Å². The van der Waals surface area contributed by atoms with Gasteiger partial charge in [-0.1, -0.05) is 37.7 Å². The summed E-state index contributed by atoms with van der Waals surface area (Å²) >= 11 is 0. The molecule has 0 spiro atoms. The van der Waals surface area contributed by atoms with Gasteiger partial charge in [-0.15, -0.1) is 0 Å². The SMILES string of the molecule is CCCCCCCC(=O)O[C@H]1C(F)(n2ccc(N)nc2=O)CO[C@@]1(CO)CN=[N+]=[N-]. The maximum Gasteiger partial charge on any atom is 0.352 e. The average Bonchev–Trinajstić information content (AvgIpc) is 2.99. The fraction of sp³-hybridized carbons (Fsp3) is 0.722. The lowest BCUT2D eigenvalue weighted by atomic mass is 9.93. The van der Waals surface area contributed by atoms with E-state index in [1.165, 1.54) is 6.07 Å². The standard InChI is InChI=1S/C18H27FN6O5/c1-2-3-4-5-6-7-14(27)30-15-17(11-26,10-22-24-21)29-12-18(15,19)25-9-8-13(20)23-16(25)28/h8-9,15,26H,2-7,10-12H2,1H3,(H2,20,23,28)/t15-,17-,18?/m1/s1. The number of hydrogen-bond acceptors (Lipinski definition) is 8. The number of aromatic nitrogens is 2. The molecule has 3 atom stereocenters. The number of esters is 1. The van der Waals surface area contributed by atoms with Crippen molar-refractivity contribution in [1.29, 1.82) is 0 Å². The molecule has 0 bridgehead atoms. The summed E-state index contributed by atoms with van der Waals surface area (Å²) in [7, 11) is 0. The van der Waals surface area contributed by atoms with Crippen molar-refractivity contribution in [2.24, 2.45) is 5.11 Å². The summed E-state index contributed by atoms with van der Waals surface area (Å²) in [6.07, 6.45) is 3.80. The van der Waals surface area contributed by atoms with E-state index in [9.17, 15) is 14.7 Å². The van der Waals surface area contributed by atoms with Crippen LogP contribution in [0.5, 0.6) is 0 Å². The van der Waals surface area contributed by atoms with Gasteiger partial charge in [-0.05, 0) is 18.0 Å². The van der Waals surface area contributed by atoms with E-state index in [1.54, 1.807) is 0 Å². The third-order valence-electron chi connectivity index (χ3n) is 5.07. The highest BCUT2D eigenvalue weighted by molar-refractivity contribution is 5.69. The molecule has 0 saturated carbocycles. The van der Waals surface area contributed by atoms with Gasteiger partial charge in [0, 0.05) is 17.5 Å². The van der Waals surface area contributed by atoms with E-state index >= 15 is 4.39 Å². The molecule has 1 saturated heterocycles. The number of carbonyl (C=O) groups excluding carboxylic acids is 1. The van der Waals surface area contributed by atoms with Crippen LogP contribution in [0.15, 0.2) is 22.2 Å². The minimum Gasteiger partial charge on any atom is -0.454 e. The number of unbranched alkanes of at least 4 members (excludes halogenated alkanes) is 4. The zero-order valence-electron chi connectivity index (χ0n) is 16.9. The van der Waals surface area contributed by atoms with Crippen LogP contribution >= 0.6 is 0 Å². The minimum absolute atomic E-state index is 0.0359. The molecule has 166 valence electrons. The summed E-state index contributed by atoms with van der Waals surface area (Å²) in [4.78, 5) is 30.8. The molecule has 0 aromatic carbocycles. The normalized spacial score (nSPS) is 25.6. The number of nitrogens with two attached hydrogens (primary N) is 1. The van der Waals surface area contributed by atoms with Crippen LogP contribution in [0, 0.1) is 0 Å². The Morgan fingerprint density at radius 1 is 1.53 bits per heavy atom. The van der Waals surface area contributed by atoms with Crippen LogP contribution in [0.1, 0.15) is 45.4 Å². The van der Waals surface area contributed by atoms with Gasteiger partial charge in [0.15, 0.2) is 6.10 Å². The van der Waals surface area contributed by atoms with E-state index in [2.05, 4.69) is 21.9 Å². The monoisotopic (exact) mass is 426 g/mol. The van der Waals surface area contributed by atoms with Crippen molar-refractivity contribution in [3.8, 4) is 0 Å². The lowest BCUT2D eigenvalue weighted by molar-refractivity contribution is -0.174. The first-order valence-corrected chi connectivity index (χ1v) is 9.82. The number of carbonyl (C=O) groups is 1. The molecule has 1 aromatic heterocycles. The molecule has 1 fully saturated rings. The number of rotatable bonds is 11. The Morgan fingerprint density at radius 3 is 2.90 bits per heavy atom. The third-order valence-corrected chi connectivity index (χ3v) is 5.07. The summed E-state index contributed by atoms with van der Waals surface area (Å²) in [5.74, 6) is -3.50. The van der Waals surface area contributed by atoms with Gasteiger partial charge in [0.25, 0.3) is 5.79 Å². The average molecular weight is 426 g/mol. The van der Waals surface area contributed by atoms with Crippen LogP contribution in [0.4, 0.5) is 10.2 Å². The van der Waals surface area contributed by atoms with Gasteiger partial charge < -0.3 is 20.3 Å². The first kappa shape index (κ1) is 23.6. The third kappa shape index (κ3) is 5.07. The van der Waals surface area contributed by atoms with E-state index in [4.69, 9.17) is 20.7 Å². The Hall–Kier alpha value is -2.69. The largest absolute Gasteiger partial charge is 0.454 e. The second-order valence-corrected chi connectivity index (χ2v) is 7.26. The van der Waals surface area contributed by atoms with Crippen molar-refractivity contribution in [3.05, 3.63) is 33.2 Å². The molecule has 2 heterocycles. The van der Waals surface area contributed by atoms with E-state index in [0.717, 1.165) is 31.9 Å². The highest BCUT2D eigenvalue weighted by atomic mass is 19.1. The van der Waals surface area contributed by atoms with Gasteiger partial charge in [0.1, 0.15) is 18.0 Å². The molecule has 12 heteroatoms. The predicted molar refractivity (Wildman–Crippen MR) is 105 cm³/mol. The van der Waals surface area contributed by atoms with Crippen LogP contribution in [0.2, 0.25) is 0 Å². The molecule has 2 rings (SSSR count). The number of azide groups is 1. The summed E-state index contributed by atoms with van der Waals surface area (Å²) in [5.41, 5.74) is 11.3. The number of aliphatic hydroxyl groups is 1. The first-order chi connectivity index (χ1) is 14.3. The van der Waals surface area contributed by atoms with Gasteiger partial charge in [-0.2, -0.15) is 4.98 Å². The van der Waals surface area contributed by atoms with E-state index < -0.39 is 48.9 Å². The zero-order chi connectivity index (χ0) is 22.2. The molecule has 1 aliphatic heterocycles. The Labute approximate surface area is 172 Å². The molecule has 0 radical (unpaired) electrons. The lowest BCUT2D eigenvalue weighted by Crippen LogP contribution is -2.57. The van der Waals surface area contributed by atoms with Crippen LogP contribution < -0.4 is 11.4 Å². The number of nitrogens with zero attached hydrogens (tertiary/aromatic N) is 5. The van der Waals surface area contributed by atoms with Crippen molar-refractivity contribution in [2.75, 3.05) is 25.5 Å². The van der Waals surface area contributed by atoms with E-state index in [-0.39, 0.29) is 12.2 Å². The number of hydrogen-bond donors (Lipinski definition) is 2. The highest BCUT2D eigenvalue weighted by Gasteiger charge is 2.63. The van der Waals surface area contributed by atoms with Gasteiger partial charge in [0.2, 0.25) is 0 Å². The molecule has 30 heavy (non-hydrogen) atoms. The second-order valence-electron chi connectivity index (χ2n) is 7.26. The number of ether oxygens (including phenoxy) is 2. The minimum atomic E-state index is -2.68. The summed E-state index contributed by atoms with van der Waals surface area (Å²) in [6.45, 7) is 0.0381. The second kappa shape index (κ2) is 10.4. The lowest BCUT2D eigenvalue weighted by Gasteiger charge is -2.35. The number of aliphatic hydroxyl groups excluding tert-OH is 1. The van der Waals surface area contributed by atoms with Crippen molar-refractivity contribution in [3.63, 3.8) is 0 Å². The number of halogens is 1. The molecular weight excluding hydrogens is 399 g/mol. The summed E-state index contributed by atoms with van der Waals surface area (Å²) in [5, 5.41) is 13.3. The quantitative estimate of drug-likeness (QED) is 0.179. The van der Waals surface area contributed by atoms with Crippen molar-refractivity contribution in [2.45, 2.75) is 62.9 Å². The molecule has 3 N–H and O–H groups in total. The summed E-state index contributed by atoms with van der Waals surface area (Å²) < 4.78 is 27.5. The molecule has 0 aliphatic carbocycles. The zero-order valence-corrected chi connectivity index (χ0v) is 16.9. The molecular formula is C18H27FN6O5. The topological polar surface area (TPSA) is 165 Å². The maximum absolute atomic E-state index is 16.1. The first-order valence-electron chi connectivity index (χ1n) is 9.82. The number of anilines is 1. The van der Waals surface area contributed by atoms with Crippen LogP contribution in [0.25, 0.3) is 10.4 Å². The van der Waals surface area contributed by atoms with Gasteiger partial charge in [-0.3, -0.25) is 9.36 Å².